The Bertz CT molecular complexity index is 392. The Morgan fingerprint density at radius 1 is 1.25 bits per heavy atom. The van der Waals surface area contributed by atoms with Crippen LogP contribution < -0.4 is 0 Å². The van der Waals surface area contributed by atoms with Gasteiger partial charge >= 0.3 is 0 Å². The van der Waals surface area contributed by atoms with Gasteiger partial charge in [-0.2, -0.15) is 0 Å². The third-order valence-electron chi connectivity index (χ3n) is 3.44. The van der Waals surface area contributed by atoms with Crippen LogP contribution in [0.15, 0.2) is 24.3 Å². The standard InChI is InChI=1S/C14H19NO/c1-11-4-6-12(7-5-11)10-15-13(16)8-9-14(15,2)3/h4-7H,8-10H2,1-3H3. The van der Waals surface area contributed by atoms with Crippen LogP contribution in [0.25, 0.3) is 0 Å². The average molecular weight is 217 g/mol. The van der Waals surface area contributed by atoms with E-state index >= 15 is 0 Å². The number of benzene rings is 1. The fourth-order valence-electron chi connectivity index (χ4n) is 2.20. The monoisotopic (exact) mass is 217 g/mol. The fraction of sp³-hybridized carbons (Fsp3) is 0.500. The van der Waals surface area contributed by atoms with Gasteiger partial charge in [0, 0.05) is 18.5 Å². The first-order chi connectivity index (χ1) is 7.49. The molecule has 0 saturated carbocycles. The van der Waals surface area contributed by atoms with E-state index < -0.39 is 0 Å². The van der Waals surface area contributed by atoms with Crippen molar-refractivity contribution in [1.82, 2.24) is 4.90 Å². The summed E-state index contributed by atoms with van der Waals surface area (Å²) in [6, 6.07) is 8.42. The van der Waals surface area contributed by atoms with Crippen molar-refractivity contribution in [2.24, 2.45) is 0 Å². The van der Waals surface area contributed by atoms with Gasteiger partial charge < -0.3 is 4.90 Å². The summed E-state index contributed by atoms with van der Waals surface area (Å²) >= 11 is 0. The summed E-state index contributed by atoms with van der Waals surface area (Å²) in [6.45, 7) is 7.11. The van der Waals surface area contributed by atoms with Crippen LogP contribution in [-0.2, 0) is 11.3 Å². The molecule has 1 amide bonds. The van der Waals surface area contributed by atoms with Crippen molar-refractivity contribution in [2.45, 2.75) is 45.7 Å². The van der Waals surface area contributed by atoms with E-state index in [0.29, 0.717) is 6.42 Å². The largest absolute Gasteiger partial charge is 0.333 e. The van der Waals surface area contributed by atoms with Crippen LogP contribution in [0.4, 0.5) is 0 Å². The molecule has 1 aromatic rings. The van der Waals surface area contributed by atoms with Crippen LogP contribution in [-0.4, -0.2) is 16.3 Å². The minimum absolute atomic E-state index is 0.0158. The summed E-state index contributed by atoms with van der Waals surface area (Å²) in [5, 5.41) is 0. The summed E-state index contributed by atoms with van der Waals surface area (Å²) in [5.74, 6) is 0.283. The maximum absolute atomic E-state index is 11.8. The Hall–Kier alpha value is -1.31. The number of aryl methyl sites for hydroxylation is 1. The van der Waals surface area contributed by atoms with E-state index in [0.717, 1.165) is 13.0 Å². The summed E-state index contributed by atoms with van der Waals surface area (Å²) in [5.41, 5.74) is 2.49. The van der Waals surface area contributed by atoms with Crippen molar-refractivity contribution in [3.8, 4) is 0 Å². The van der Waals surface area contributed by atoms with Crippen molar-refractivity contribution < 1.29 is 4.79 Å². The number of hydrogen-bond acceptors (Lipinski definition) is 1. The van der Waals surface area contributed by atoms with Crippen molar-refractivity contribution >= 4 is 5.91 Å². The van der Waals surface area contributed by atoms with E-state index in [-0.39, 0.29) is 11.4 Å². The number of rotatable bonds is 2. The lowest BCUT2D eigenvalue weighted by Crippen LogP contribution is -2.40. The zero-order valence-corrected chi connectivity index (χ0v) is 10.3. The van der Waals surface area contributed by atoms with Crippen molar-refractivity contribution in [3.05, 3.63) is 35.4 Å². The van der Waals surface area contributed by atoms with E-state index in [2.05, 4.69) is 45.0 Å². The minimum Gasteiger partial charge on any atom is -0.333 e. The van der Waals surface area contributed by atoms with Crippen LogP contribution in [0, 0.1) is 6.92 Å². The molecule has 0 aliphatic carbocycles. The molecule has 1 heterocycles. The van der Waals surface area contributed by atoms with Crippen LogP contribution >= 0.6 is 0 Å². The average Bonchev–Trinajstić information content (AvgIpc) is 2.48. The summed E-state index contributed by atoms with van der Waals surface area (Å²) in [6.07, 6.45) is 1.66. The van der Waals surface area contributed by atoms with Gasteiger partial charge in [-0.15, -0.1) is 0 Å². The van der Waals surface area contributed by atoms with Crippen LogP contribution in [0.1, 0.15) is 37.8 Å². The van der Waals surface area contributed by atoms with E-state index in [1.54, 1.807) is 0 Å². The number of likely N-dealkylation sites (tertiary alicyclic amines) is 1. The van der Waals surface area contributed by atoms with E-state index in [1.807, 2.05) is 4.90 Å². The van der Waals surface area contributed by atoms with Gasteiger partial charge in [-0.05, 0) is 32.8 Å². The molecule has 2 heteroatoms. The van der Waals surface area contributed by atoms with Gasteiger partial charge in [-0.1, -0.05) is 29.8 Å². The molecule has 1 aliphatic heterocycles. The lowest BCUT2D eigenvalue weighted by atomic mass is 10.0. The Morgan fingerprint density at radius 2 is 1.88 bits per heavy atom. The van der Waals surface area contributed by atoms with Crippen molar-refractivity contribution in [3.63, 3.8) is 0 Å². The zero-order valence-electron chi connectivity index (χ0n) is 10.3. The lowest BCUT2D eigenvalue weighted by molar-refractivity contribution is -0.131. The molecular formula is C14H19NO. The molecule has 0 radical (unpaired) electrons. The van der Waals surface area contributed by atoms with Gasteiger partial charge in [0.15, 0.2) is 0 Å². The number of nitrogens with zero attached hydrogens (tertiary/aromatic N) is 1. The predicted octanol–water partition coefficient (Wildman–Crippen LogP) is 2.90. The minimum atomic E-state index is 0.0158. The molecule has 0 bridgehead atoms. The molecule has 2 rings (SSSR count). The van der Waals surface area contributed by atoms with Gasteiger partial charge in [0.1, 0.15) is 0 Å². The van der Waals surface area contributed by atoms with Crippen LogP contribution in [0.3, 0.4) is 0 Å². The molecule has 1 aromatic carbocycles. The maximum atomic E-state index is 11.8. The highest BCUT2D eigenvalue weighted by molar-refractivity contribution is 5.79. The Labute approximate surface area is 97.3 Å². The first-order valence-corrected chi connectivity index (χ1v) is 5.85. The zero-order chi connectivity index (χ0) is 11.8. The molecule has 0 unspecified atom stereocenters. The third-order valence-corrected chi connectivity index (χ3v) is 3.44. The second kappa shape index (κ2) is 3.93. The van der Waals surface area contributed by atoms with Crippen LogP contribution in [0.5, 0.6) is 0 Å². The van der Waals surface area contributed by atoms with E-state index in [1.165, 1.54) is 11.1 Å². The molecule has 1 saturated heterocycles. The van der Waals surface area contributed by atoms with Gasteiger partial charge in [0.2, 0.25) is 5.91 Å². The van der Waals surface area contributed by atoms with Gasteiger partial charge in [0.25, 0.3) is 0 Å². The Kier molecular flexibility index (Phi) is 2.75. The molecule has 1 aliphatic rings. The molecule has 0 N–H and O–H groups in total. The van der Waals surface area contributed by atoms with E-state index in [4.69, 9.17) is 0 Å². The quantitative estimate of drug-likeness (QED) is 0.746. The molecule has 2 nitrogen and oxygen atoms in total. The van der Waals surface area contributed by atoms with Gasteiger partial charge in [-0.3, -0.25) is 4.79 Å². The predicted molar refractivity (Wildman–Crippen MR) is 65.0 cm³/mol. The highest BCUT2D eigenvalue weighted by Crippen LogP contribution is 2.30. The smallest absolute Gasteiger partial charge is 0.223 e. The van der Waals surface area contributed by atoms with Crippen molar-refractivity contribution in [1.29, 1.82) is 0 Å². The van der Waals surface area contributed by atoms with Crippen LogP contribution in [0.2, 0.25) is 0 Å². The fourth-order valence-corrected chi connectivity index (χ4v) is 2.20. The Balaban J connectivity index is 2.15. The summed E-state index contributed by atoms with van der Waals surface area (Å²) in [4.78, 5) is 13.8. The molecule has 1 fully saturated rings. The molecule has 0 spiro atoms. The molecule has 0 atom stereocenters. The SMILES string of the molecule is Cc1ccc(CN2C(=O)CCC2(C)C)cc1. The van der Waals surface area contributed by atoms with E-state index in [9.17, 15) is 4.79 Å². The lowest BCUT2D eigenvalue weighted by Gasteiger charge is -2.31. The number of amides is 1. The maximum Gasteiger partial charge on any atom is 0.223 e. The summed E-state index contributed by atoms with van der Waals surface area (Å²) in [7, 11) is 0. The molecular weight excluding hydrogens is 198 g/mol. The second-order valence-corrected chi connectivity index (χ2v) is 5.28. The van der Waals surface area contributed by atoms with Gasteiger partial charge in [0.05, 0.1) is 0 Å². The molecule has 0 aromatic heterocycles. The number of hydrogen-bond donors (Lipinski definition) is 0. The molecule has 86 valence electrons. The third kappa shape index (κ3) is 2.11. The first-order valence-electron chi connectivity index (χ1n) is 5.85. The first kappa shape index (κ1) is 11.2. The highest BCUT2D eigenvalue weighted by Gasteiger charge is 2.37. The Morgan fingerprint density at radius 3 is 2.38 bits per heavy atom. The van der Waals surface area contributed by atoms with Crippen molar-refractivity contribution in [2.75, 3.05) is 0 Å². The number of carbonyl (C=O) groups is 1. The summed E-state index contributed by atoms with van der Waals surface area (Å²) < 4.78 is 0. The molecule has 16 heavy (non-hydrogen) atoms. The number of carbonyl (C=O) groups excluding carboxylic acids is 1. The topological polar surface area (TPSA) is 20.3 Å². The second-order valence-electron chi connectivity index (χ2n) is 5.28. The van der Waals surface area contributed by atoms with Gasteiger partial charge in [-0.25, -0.2) is 0 Å². The highest BCUT2D eigenvalue weighted by atomic mass is 16.2. The normalized spacial score (nSPS) is 19.2.